The Labute approximate surface area is 169 Å². The van der Waals surface area contributed by atoms with Gasteiger partial charge in [0.2, 0.25) is 0 Å². The zero-order valence-corrected chi connectivity index (χ0v) is 17.1. The van der Waals surface area contributed by atoms with E-state index in [9.17, 15) is 0 Å². The molecule has 3 aromatic rings. The van der Waals surface area contributed by atoms with Crippen LogP contribution in [0.1, 0.15) is 62.1 Å². The minimum atomic E-state index is 0.298. The summed E-state index contributed by atoms with van der Waals surface area (Å²) in [5.41, 5.74) is 7.17. The fraction of sp³-hybridized carbons (Fsp3) is 0.286. The molecular weight excluding hydrogens is 336 g/mol. The average Bonchev–Trinajstić information content (AvgIpc) is 2.76. The quantitative estimate of drug-likeness (QED) is 0.403. The first kappa shape index (κ1) is 18.7. The van der Waals surface area contributed by atoms with Crippen molar-refractivity contribution in [3.05, 3.63) is 108 Å². The van der Waals surface area contributed by atoms with E-state index in [1.807, 2.05) is 0 Å². The van der Waals surface area contributed by atoms with Crippen LogP contribution in [-0.2, 0) is 5.41 Å². The highest BCUT2D eigenvalue weighted by molar-refractivity contribution is 5.63. The number of hydrogen-bond donors (Lipinski definition) is 0. The summed E-state index contributed by atoms with van der Waals surface area (Å²) < 4.78 is 0. The van der Waals surface area contributed by atoms with Gasteiger partial charge in [0, 0.05) is 5.92 Å². The van der Waals surface area contributed by atoms with E-state index < -0.39 is 0 Å². The molecule has 0 saturated carbocycles. The highest BCUT2D eigenvalue weighted by Crippen LogP contribution is 2.37. The Hall–Kier alpha value is -2.60. The Morgan fingerprint density at radius 3 is 1.93 bits per heavy atom. The maximum absolute atomic E-state index is 2.41. The molecular formula is C28H30. The first-order valence-electron chi connectivity index (χ1n) is 10.6. The fourth-order valence-electron chi connectivity index (χ4n) is 4.55. The fourth-order valence-corrected chi connectivity index (χ4v) is 4.55. The van der Waals surface area contributed by atoms with E-state index in [1.54, 1.807) is 0 Å². The molecule has 2 atom stereocenters. The van der Waals surface area contributed by atoms with Gasteiger partial charge in [0.1, 0.15) is 0 Å². The van der Waals surface area contributed by atoms with Crippen LogP contribution in [0.2, 0.25) is 0 Å². The van der Waals surface area contributed by atoms with Crippen LogP contribution in [-0.4, -0.2) is 0 Å². The molecule has 0 saturated heterocycles. The predicted molar refractivity (Wildman–Crippen MR) is 121 cm³/mol. The molecule has 0 radical (unpaired) electrons. The highest BCUT2D eigenvalue weighted by Gasteiger charge is 2.26. The van der Waals surface area contributed by atoms with Gasteiger partial charge in [-0.3, -0.25) is 0 Å². The van der Waals surface area contributed by atoms with Gasteiger partial charge in [-0.05, 0) is 58.9 Å². The van der Waals surface area contributed by atoms with E-state index >= 15 is 0 Å². The molecule has 0 bridgehead atoms. The number of hydrogen-bond acceptors (Lipinski definition) is 0. The molecule has 0 heteroatoms. The van der Waals surface area contributed by atoms with Crippen LogP contribution < -0.4 is 0 Å². The van der Waals surface area contributed by atoms with E-state index in [1.165, 1.54) is 40.7 Å². The normalized spacial score (nSPS) is 20.1. The maximum atomic E-state index is 2.41. The topological polar surface area (TPSA) is 0 Å². The molecule has 4 rings (SSSR count). The molecule has 0 heterocycles. The third kappa shape index (κ3) is 3.83. The Morgan fingerprint density at radius 2 is 1.36 bits per heavy atom. The highest BCUT2D eigenvalue weighted by atomic mass is 14.3. The smallest absolute Gasteiger partial charge is 0.00867 e. The second-order valence-corrected chi connectivity index (χ2v) is 8.35. The van der Waals surface area contributed by atoms with Gasteiger partial charge in [-0.25, -0.2) is 0 Å². The van der Waals surface area contributed by atoms with E-state index in [4.69, 9.17) is 0 Å². The standard InChI is InChI=1S/C28H30/c1-3-27(24-14-12-23(13-15-24)22-10-6-4-7-11-22)25-16-18-26(19-17-25)28(2)20-8-5-9-21-28/h4-8,10-19,27H,3,9,20-21H2,1-2H3. The molecule has 0 aliphatic heterocycles. The van der Waals surface area contributed by atoms with Gasteiger partial charge in [-0.15, -0.1) is 0 Å². The van der Waals surface area contributed by atoms with Crippen LogP contribution in [0.4, 0.5) is 0 Å². The van der Waals surface area contributed by atoms with Gasteiger partial charge in [0.15, 0.2) is 0 Å². The van der Waals surface area contributed by atoms with Crippen molar-refractivity contribution in [2.45, 2.75) is 50.9 Å². The van der Waals surface area contributed by atoms with Crippen LogP contribution >= 0.6 is 0 Å². The van der Waals surface area contributed by atoms with E-state index in [2.05, 4.69) is 105 Å². The largest absolute Gasteiger partial charge is 0.0885 e. The molecule has 3 aromatic carbocycles. The van der Waals surface area contributed by atoms with E-state index in [0.29, 0.717) is 11.3 Å². The Bertz CT molecular complexity index is 916. The summed E-state index contributed by atoms with van der Waals surface area (Å²) >= 11 is 0. The van der Waals surface area contributed by atoms with E-state index in [0.717, 1.165) is 12.8 Å². The second kappa shape index (κ2) is 8.19. The molecule has 1 aliphatic rings. The van der Waals surface area contributed by atoms with Crippen molar-refractivity contribution in [1.29, 1.82) is 0 Å². The molecule has 0 N–H and O–H groups in total. The number of benzene rings is 3. The van der Waals surface area contributed by atoms with Crippen LogP contribution in [0.3, 0.4) is 0 Å². The summed E-state index contributed by atoms with van der Waals surface area (Å²) in [4.78, 5) is 0. The minimum Gasteiger partial charge on any atom is -0.0885 e. The van der Waals surface area contributed by atoms with Crippen molar-refractivity contribution in [3.63, 3.8) is 0 Å². The van der Waals surface area contributed by atoms with Crippen LogP contribution in [0, 0.1) is 0 Å². The molecule has 1 aliphatic carbocycles. The Morgan fingerprint density at radius 1 is 0.750 bits per heavy atom. The Balaban J connectivity index is 1.56. The zero-order valence-electron chi connectivity index (χ0n) is 17.1. The van der Waals surface area contributed by atoms with Gasteiger partial charge >= 0.3 is 0 Å². The molecule has 142 valence electrons. The summed E-state index contributed by atoms with van der Waals surface area (Å²) in [6.07, 6.45) is 9.39. The molecule has 0 spiro atoms. The summed E-state index contributed by atoms with van der Waals surface area (Å²) in [5.74, 6) is 0.456. The lowest BCUT2D eigenvalue weighted by atomic mass is 9.73. The van der Waals surface area contributed by atoms with Gasteiger partial charge in [-0.2, -0.15) is 0 Å². The van der Waals surface area contributed by atoms with Crippen LogP contribution in [0.25, 0.3) is 11.1 Å². The number of rotatable bonds is 5. The van der Waals surface area contributed by atoms with Gasteiger partial charge < -0.3 is 0 Å². The number of allylic oxidation sites excluding steroid dienone is 2. The minimum absolute atomic E-state index is 0.298. The van der Waals surface area contributed by atoms with Crippen molar-refractivity contribution >= 4 is 0 Å². The van der Waals surface area contributed by atoms with Crippen LogP contribution in [0.5, 0.6) is 0 Å². The molecule has 0 fully saturated rings. The predicted octanol–water partition coefficient (Wildman–Crippen LogP) is 7.89. The first-order chi connectivity index (χ1) is 13.7. The molecule has 0 nitrogen and oxygen atoms in total. The lowest BCUT2D eigenvalue weighted by Gasteiger charge is -2.31. The van der Waals surface area contributed by atoms with Crippen molar-refractivity contribution in [3.8, 4) is 11.1 Å². The molecule has 0 amide bonds. The van der Waals surface area contributed by atoms with Crippen LogP contribution in [0.15, 0.2) is 91.0 Å². The SMILES string of the molecule is CCC(c1ccc(-c2ccccc2)cc1)c1ccc(C2(C)CC=CCC2)cc1. The lowest BCUT2D eigenvalue weighted by Crippen LogP contribution is -2.22. The molecule has 0 aromatic heterocycles. The summed E-state index contributed by atoms with van der Waals surface area (Å²) in [6, 6.07) is 29.2. The average molecular weight is 367 g/mol. The zero-order chi connectivity index (χ0) is 19.4. The lowest BCUT2D eigenvalue weighted by molar-refractivity contribution is 0.428. The van der Waals surface area contributed by atoms with Gasteiger partial charge in [-0.1, -0.05) is 105 Å². The third-order valence-electron chi connectivity index (χ3n) is 6.44. The monoisotopic (exact) mass is 366 g/mol. The Kier molecular flexibility index (Phi) is 5.48. The summed E-state index contributed by atoms with van der Waals surface area (Å²) in [6.45, 7) is 4.70. The van der Waals surface area contributed by atoms with E-state index in [-0.39, 0.29) is 0 Å². The molecule has 2 unspecified atom stereocenters. The summed E-state index contributed by atoms with van der Waals surface area (Å²) in [7, 11) is 0. The first-order valence-corrected chi connectivity index (χ1v) is 10.6. The maximum Gasteiger partial charge on any atom is 0.00867 e. The molecule has 28 heavy (non-hydrogen) atoms. The van der Waals surface area contributed by atoms with Crippen molar-refractivity contribution in [2.75, 3.05) is 0 Å². The van der Waals surface area contributed by atoms with Crippen molar-refractivity contribution in [2.24, 2.45) is 0 Å². The van der Waals surface area contributed by atoms with Gasteiger partial charge in [0.05, 0.1) is 0 Å². The van der Waals surface area contributed by atoms with Crippen molar-refractivity contribution in [1.82, 2.24) is 0 Å². The van der Waals surface area contributed by atoms with Crippen molar-refractivity contribution < 1.29 is 0 Å². The van der Waals surface area contributed by atoms with Gasteiger partial charge in [0.25, 0.3) is 0 Å². The third-order valence-corrected chi connectivity index (χ3v) is 6.44. The summed E-state index contributed by atoms with van der Waals surface area (Å²) in [5, 5.41) is 0. The second-order valence-electron chi connectivity index (χ2n) is 8.35.